The highest BCUT2D eigenvalue weighted by Gasteiger charge is 2.40. The minimum Gasteiger partial charge on any atom is -0.483 e. The number of rotatable bonds is 8. The summed E-state index contributed by atoms with van der Waals surface area (Å²) >= 11 is 1.60. The SMILES string of the molecule is CCOC1CC(C(=O)Nc2ccc(C(F)(F)F)cc2F)[C@H](C)C(c2ccc(N(C)Sc3ccc4c(c3)nc(C)n4C)cc2)C1.O=CO. The molecule has 0 aliphatic heterocycles. The van der Waals surface area contributed by atoms with E-state index in [4.69, 9.17) is 14.6 Å². The van der Waals surface area contributed by atoms with Crippen molar-refractivity contribution in [2.75, 3.05) is 23.3 Å². The number of nitrogens with one attached hydrogen (secondary N) is 1. The van der Waals surface area contributed by atoms with Crippen LogP contribution in [0.25, 0.3) is 11.0 Å². The van der Waals surface area contributed by atoms with Gasteiger partial charge in [-0.2, -0.15) is 13.2 Å². The molecule has 0 spiro atoms. The van der Waals surface area contributed by atoms with Crippen molar-refractivity contribution in [3.8, 4) is 0 Å². The molecule has 47 heavy (non-hydrogen) atoms. The van der Waals surface area contributed by atoms with Crippen LogP contribution in [0.15, 0.2) is 65.6 Å². The molecule has 5 rings (SSSR count). The van der Waals surface area contributed by atoms with E-state index in [0.717, 1.165) is 51.6 Å². The number of nitrogens with zero attached hydrogens (tertiary/aromatic N) is 3. The van der Waals surface area contributed by atoms with Crippen molar-refractivity contribution in [2.45, 2.75) is 56.7 Å². The van der Waals surface area contributed by atoms with E-state index in [0.29, 0.717) is 19.1 Å². The number of alkyl halides is 3. The second-order valence-corrected chi connectivity index (χ2v) is 12.7. The second-order valence-electron chi connectivity index (χ2n) is 11.5. The summed E-state index contributed by atoms with van der Waals surface area (Å²) in [4.78, 5) is 27.5. The van der Waals surface area contributed by atoms with Gasteiger partial charge < -0.3 is 24.0 Å². The van der Waals surface area contributed by atoms with Crippen LogP contribution in [-0.2, 0) is 27.5 Å². The van der Waals surface area contributed by atoms with E-state index >= 15 is 0 Å². The summed E-state index contributed by atoms with van der Waals surface area (Å²) in [5, 5.41) is 9.42. The van der Waals surface area contributed by atoms with Gasteiger partial charge in [-0.05, 0) is 105 Å². The highest BCUT2D eigenvalue weighted by Crippen LogP contribution is 2.43. The summed E-state index contributed by atoms with van der Waals surface area (Å²) in [6, 6.07) is 16.6. The molecular weight excluding hydrogens is 636 g/mol. The molecule has 1 aliphatic rings. The van der Waals surface area contributed by atoms with Crippen molar-refractivity contribution < 1.29 is 37.0 Å². The molecule has 3 aromatic carbocycles. The Morgan fingerprint density at radius 1 is 1.15 bits per heavy atom. The molecule has 3 unspecified atom stereocenters. The van der Waals surface area contributed by atoms with Gasteiger partial charge in [0.1, 0.15) is 11.6 Å². The average molecular weight is 675 g/mol. The van der Waals surface area contributed by atoms with Crippen LogP contribution >= 0.6 is 11.9 Å². The lowest BCUT2D eigenvalue weighted by atomic mass is 9.68. The van der Waals surface area contributed by atoms with E-state index < -0.39 is 29.4 Å². The van der Waals surface area contributed by atoms with Crippen LogP contribution in [0.5, 0.6) is 0 Å². The van der Waals surface area contributed by atoms with Gasteiger partial charge in [0, 0.05) is 37.2 Å². The fraction of sp³-hybridized carbons (Fsp3) is 0.382. The van der Waals surface area contributed by atoms with Gasteiger partial charge in [0.2, 0.25) is 5.91 Å². The number of aromatic nitrogens is 2. The molecule has 13 heteroatoms. The number of imidazole rings is 1. The number of anilines is 2. The lowest BCUT2D eigenvalue weighted by Crippen LogP contribution is -2.40. The Balaban J connectivity index is 0.00000160. The first kappa shape index (κ1) is 35.7. The first-order valence-corrected chi connectivity index (χ1v) is 15.9. The van der Waals surface area contributed by atoms with Crippen molar-refractivity contribution in [3.63, 3.8) is 0 Å². The molecule has 1 heterocycles. The number of halogens is 4. The number of carbonyl (C=O) groups excluding carboxylic acids is 1. The van der Waals surface area contributed by atoms with E-state index in [1.807, 2.05) is 34.9 Å². The zero-order valence-electron chi connectivity index (χ0n) is 26.7. The van der Waals surface area contributed by atoms with Gasteiger partial charge in [0.15, 0.2) is 0 Å². The third-order valence-corrected chi connectivity index (χ3v) is 9.55. The molecule has 252 valence electrons. The van der Waals surface area contributed by atoms with Crippen molar-refractivity contribution in [2.24, 2.45) is 18.9 Å². The van der Waals surface area contributed by atoms with Crippen molar-refractivity contribution >= 4 is 46.7 Å². The van der Waals surface area contributed by atoms with Crippen molar-refractivity contribution in [1.29, 1.82) is 0 Å². The number of ether oxygens (including phenoxy) is 1. The number of amides is 1. The van der Waals surface area contributed by atoms with Crippen molar-refractivity contribution in [1.82, 2.24) is 9.55 Å². The number of benzene rings is 3. The summed E-state index contributed by atoms with van der Waals surface area (Å²) in [7, 11) is 4.01. The van der Waals surface area contributed by atoms with Crippen LogP contribution in [0, 0.1) is 24.6 Å². The fourth-order valence-electron chi connectivity index (χ4n) is 6.05. The Morgan fingerprint density at radius 2 is 1.83 bits per heavy atom. The third-order valence-electron chi connectivity index (χ3n) is 8.60. The molecule has 4 aromatic rings. The standard InChI is InChI=1S/C33H36F4N4O2S.CH2O2/c1-6-43-24-16-26(19(2)27(17-24)32(42)39-29-13-9-22(15-28(29)34)33(35,36)37)21-7-10-23(11-8-21)41(5)44-25-12-14-31-30(18-25)38-20(3)40(31)4;2-1-3/h7-15,18-19,24,26-27H,6,16-17H2,1-5H3,(H,39,42);1H,(H,2,3)/t19-,24?,26?,27?;/m1./s1. The molecule has 0 bridgehead atoms. The first-order valence-electron chi connectivity index (χ1n) is 15.1. The summed E-state index contributed by atoms with van der Waals surface area (Å²) in [6.07, 6.45) is -3.69. The summed E-state index contributed by atoms with van der Waals surface area (Å²) < 4.78 is 63.6. The molecule has 1 aliphatic carbocycles. The number of fused-ring (bicyclic) bond motifs is 1. The molecule has 1 fully saturated rings. The van der Waals surface area contributed by atoms with E-state index in [9.17, 15) is 22.4 Å². The molecule has 1 amide bonds. The number of carboxylic acid groups (broad SMARTS) is 1. The van der Waals surface area contributed by atoms with E-state index in [-0.39, 0.29) is 30.1 Å². The summed E-state index contributed by atoms with van der Waals surface area (Å²) in [5.41, 5.74) is 2.73. The van der Waals surface area contributed by atoms with Crippen molar-refractivity contribution in [3.05, 3.63) is 83.4 Å². The van der Waals surface area contributed by atoms with Crippen LogP contribution in [-0.4, -0.2) is 46.8 Å². The Kier molecular flexibility index (Phi) is 11.6. The van der Waals surface area contributed by atoms with Gasteiger partial charge in [-0.3, -0.25) is 9.59 Å². The second kappa shape index (κ2) is 15.2. The normalized spacial score (nSPS) is 19.5. The monoisotopic (exact) mass is 674 g/mol. The van der Waals surface area contributed by atoms with E-state index in [1.165, 1.54) is 0 Å². The molecule has 4 atom stereocenters. The van der Waals surface area contributed by atoms with Crippen LogP contribution in [0.2, 0.25) is 0 Å². The Bertz CT molecular complexity index is 1700. The van der Waals surface area contributed by atoms with Crippen LogP contribution in [0.1, 0.15) is 49.6 Å². The maximum Gasteiger partial charge on any atom is 0.416 e. The Labute approximate surface area is 275 Å². The first-order chi connectivity index (χ1) is 22.3. The molecule has 0 saturated heterocycles. The van der Waals surface area contributed by atoms with Gasteiger partial charge in [-0.15, -0.1) is 0 Å². The number of hydrogen-bond acceptors (Lipinski definition) is 6. The van der Waals surface area contributed by atoms with Gasteiger partial charge in [-0.25, -0.2) is 9.37 Å². The largest absolute Gasteiger partial charge is 0.483 e. The Hall–Kier alpha value is -4.10. The van der Waals surface area contributed by atoms with Crippen LogP contribution in [0.4, 0.5) is 28.9 Å². The molecule has 0 radical (unpaired) electrons. The predicted octanol–water partition coefficient (Wildman–Crippen LogP) is 8.06. The predicted molar refractivity (Wildman–Crippen MR) is 175 cm³/mol. The average Bonchev–Trinajstić information content (AvgIpc) is 3.30. The topological polar surface area (TPSA) is 96.7 Å². The van der Waals surface area contributed by atoms with Crippen LogP contribution < -0.4 is 9.62 Å². The Morgan fingerprint density at radius 3 is 2.45 bits per heavy atom. The quantitative estimate of drug-likeness (QED) is 0.111. The van der Waals surface area contributed by atoms with Crippen LogP contribution in [0.3, 0.4) is 0 Å². The maximum absolute atomic E-state index is 14.5. The zero-order chi connectivity index (χ0) is 34.5. The summed E-state index contributed by atoms with van der Waals surface area (Å²) in [6.45, 7) is 6.11. The fourth-order valence-corrected chi connectivity index (χ4v) is 6.88. The highest BCUT2D eigenvalue weighted by molar-refractivity contribution is 8.00. The molecule has 8 nitrogen and oxygen atoms in total. The van der Waals surface area contributed by atoms with Gasteiger partial charge in [0.05, 0.1) is 28.4 Å². The smallest absolute Gasteiger partial charge is 0.416 e. The highest BCUT2D eigenvalue weighted by atomic mass is 32.2. The molecule has 1 saturated carbocycles. The zero-order valence-corrected chi connectivity index (χ0v) is 27.5. The minimum absolute atomic E-state index is 0.00434. The number of carbonyl (C=O) groups is 2. The van der Waals surface area contributed by atoms with Gasteiger partial charge in [0.25, 0.3) is 6.47 Å². The molecule has 1 aromatic heterocycles. The number of hydrogen-bond donors (Lipinski definition) is 2. The molecule has 2 N–H and O–H groups in total. The lowest BCUT2D eigenvalue weighted by Gasteiger charge is -2.40. The maximum atomic E-state index is 14.5. The van der Waals surface area contributed by atoms with E-state index in [1.54, 1.807) is 11.9 Å². The third kappa shape index (κ3) is 8.44. The van der Waals surface area contributed by atoms with Gasteiger partial charge in [-0.1, -0.05) is 19.1 Å². The summed E-state index contributed by atoms with van der Waals surface area (Å²) in [5.74, 6) is -1.23. The minimum atomic E-state index is -4.67. The molecular formula is C34H38F4N4O4S. The van der Waals surface area contributed by atoms with E-state index in [2.05, 4.69) is 61.6 Å². The lowest BCUT2D eigenvalue weighted by molar-refractivity contribution is -0.137. The number of aryl methyl sites for hydroxylation is 2. The van der Waals surface area contributed by atoms with Gasteiger partial charge >= 0.3 is 6.18 Å².